The Kier molecular flexibility index (Phi) is 6.25. The Morgan fingerprint density at radius 3 is 2.65 bits per heavy atom. The molecule has 3 heterocycles. The highest BCUT2D eigenvalue weighted by atomic mass is 19.1. The number of amides is 1. The summed E-state index contributed by atoms with van der Waals surface area (Å²) in [5.74, 6) is -0.193. The van der Waals surface area contributed by atoms with Gasteiger partial charge in [0.1, 0.15) is 17.2 Å². The quantitative estimate of drug-likeness (QED) is 0.504. The van der Waals surface area contributed by atoms with Gasteiger partial charge < -0.3 is 20.1 Å². The van der Waals surface area contributed by atoms with Gasteiger partial charge >= 0.3 is 0 Å². The Bertz CT molecular complexity index is 1150. The lowest BCUT2D eigenvalue weighted by Crippen LogP contribution is -2.40. The minimum Gasteiger partial charge on any atom is -0.482 e. The van der Waals surface area contributed by atoms with Crippen molar-refractivity contribution in [2.24, 2.45) is 0 Å². The summed E-state index contributed by atoms with van der Waals surface area (Å²) < 4.78 is 25.5. The lowest BCUT2D eigenvalue weighted by Gasteiger charge is -2.26. The highest BCUT2D eigenvalue weighted by Crippen LogP contribution is 2.44. The van der Waals surface area contributed by atoms with Gasteiger partial charge in [0.25, 0.3) is 5.91 Å². The first-order chi connectivity index (χ1) is 16.4. The molecule has 0 spiro atoms. The molecule has 2 aromatic rings. The molecule has 2 aromatic carbocycles. The molecule has 0 saturated carbocycles. The van der Waals surface area contributed by atoms with Crippen molar-refractivity contribution < 1.29 is 18.7 Å². The van der Waals surface area contributed by atoms with Crippen molar-refractivity contribution in [3.8, 4) is 0 Å². The maximum Gasteiger partial charge on any atom is 0.260 e. The van der Waals surface area contributed by atoms with Crippen molar-refractivity contribution in [3.05, 3.63) is 76.8 Å². The summed E-state index contributed by atoms with van der Waals surface area (Å²) in [6.07, 6.45) is 1.91. The number of nitrogens with zero attached hydrogens (tertiary/aromatic N) is 1. The van der Waals surface area contributed by atoms with Gasteiger partial charge in [-0.3, -0.25) is 9.69 Å². The molecular formula is C27H30FN3O3. The van der Waals surface area contributed by atoms with Gasteiger partial charge in [0.15, 0.2) is 0 Å². The SMILES string of the molecule is CC1(C)O/C(=C2/C(=O)Nc3ccc(F)cc32)C=C1c1ccc(CNCCN2CCOCC2)cc1. The third kappa shape index (κ3) is 4.64. The van der Waals surface area contributed by atoms with Crippen molar-refractivity contribution in [3.63, 3.8) is 0 Å². The Morgan fingerprint density at radius 2 is 1.88 bits per heavy atom. The van der Waals surface area contributed by atoms with E-state index < -0.39 is 5.60 Å². The zero-order valence-corrected chi connectivity index (χ0v) is 19.6. The fourth-order valence-electron chi connectivity index (χ4n) is 4.70. The molecule has 0 bridgehead atoms. The predicted molar refractivity (Wildman–Crippen MR) is 130 cm³/mol. The number of halogens is 1. The number of rotatable bonds is 6. The first-order valence-electron chi connectivity index (χ1n) is 11.8. The zero-order chi connectivity index (χ0) is 23.7. The summed E-state index contributed by atoms with van der Waals surface area (Å²) in [5, 5.41) is 6.31. The Morgan fingerprint density at radius 1 is 1.12 bits per heavy atom. The molecule has 0 aromatic heterocycles. The van der Waals surface area contributed by atoms with Gasteiger partial charge in [0.2, 0.25) is 0 Å². The number of allylic oxidation sites excluding steroid dienone is 1. The molecule has 6 nitrogen and oxygen atoms in total. The average molecular weight is 464 g/mol. The highest BCUT2D eigenvalue weighted by molar-refractivity contribution is 6.32. The largest absolute Gasteiger partial charge is 0.482 e. The minimum absolute atomic E-state index is 0.276. The minimum atomic E-state index is -0.614. The number of ether oxygens (including phenoxy) is 2. The second kappa shape index (κ2) is 9.33. The third-order valence-corrected chi connectivity index (χ3v) is 6.56. The van der Waals surface area contributed by atoms with Crippen LogP contribution in [0.3, 0.4) is 0 Å². The summed E-state index contributed by atoms with van der Waals surface area (Å²) >= 11 is 0. The van der Waals surface area contributed by atoms with E-state index >= 15 is 0 Å². The van der Waals surface area contributed by atoms with Crippen molar-refractivity contribution in [1.82, 2.24) is 10.2 Å². The van der Waals surface area contributed by atoms with Crippen LogP contribution in [0.15, 0.2) is 54.3 Å². The van der Waals surface area contributed by atoms with Crippen LogP contribution in [0.5, 0.6) is 0 Å². The molecule has 0 radical (unpaired) electrons. The van der Waals surface area contributed by atoms with E-state index in [1.807, 2.05) is 19.9 Å². The second-order valence-corrected chi connectivity index (χ2v) is 9.38. The molecule has 34 heavy (non-hydrogen) atoms. The molecule has 3 aliphatic heterocycles. The van der Waals surface area contributed by atoms with Gasteiger partial charge in [-0.15, -0.1) is 0 Å². The maximum atomic E-state index is 13.9. The smallest absolute Gasteiger partial charge is 0.260 e. The number of hydrogen-bond donors (Lipinski definition) is 2. The second-order valence-electron chi connectivity index (χ2n) is 9.38. The fourth-order valence-corrected chi connectivity index (χ4v) is 4.70. The molecule has 3 aliphatic rings. The Balaban J connectivity index is 1.30. The van der Waals surface area contributed by atoms with Crippen molar-refractivity contribution >= 4 is 22.7 Å². The number of carbonyl (C=O) groups is 1. The van der Waals surface area contributed by atoms with E-state index in [0.29, 0.717) is 22.6 Å². The van der Waals surface area contributed by atoms with Gasteiger partial charge in [0.05, 0.1) is 18.8 Å². The van der Waals surface area contributed by atoms with Crippen LogP contribution in [-0.4, -0.2) is 55.8 Å². The number of anilines is 1. The van der Waals surface area contributed by atoms with Crippen LogP contribution < -0.4 is 10.6 Å². The van der Waals surface area contributed by atoms with Crippen molar-refractivity contribution in [2.75, 3.05) is 44.7 Å². The summed E-state index contributed by atoms with van der Waals surface area (Å²) in [6.45, 7) is 10.4. The van der Waals surface area contributed by atoms with Crippen LogP contribution in [0.1, 0.15) is 30.5 Å². The van der Waals surface area contributed by atoms with Crippen LogP contribution in [0, 0.1) is 5.82 Å². The third-order valence-electron chi connectivity index (χ3n) is 6.56. The van der Waals surface area contributed by atoms with Gasteiger partial charge in [-0.05, 0) is 49.2 Å². The number of hydrogen-bond acceptors (Lipinski definition) is 5. The van der Waals surface area contributed by atoms with Crippen LogP contribution >= 0.6 is 0 Å². The van der Waals surface area contributed by atoms with Gasteiger partial charge in [-0.2, -0.15) is 0 Å². The van der Waals surface area contributed by atoms with Crippen molar-refractivity contribution in [1.29, 1.82) is 0 Å². The van der Waals surface area contributed by atoms with Gasteiger partial charge in [-0.1, -0.05) is 24.3 Å². The van der Waals surface area contributed by atoms with E-state index in [-0.39, 0.29) is 11.7 Å². The van der Waals surface area contributed by atoms with Crippen LogP contribution in [0.2, 0.25) is 0 Å². The molecule has 178 valence electrons. The van der Waals surface area contributed by atoms with E-state index in [0.717, 1.165) is 57.1 Å². The number of nitrogens with one attached hydrogen (secondary N) is 2. The Labute approximate surface area is 199 Å². The lowest BCUT2D eigenvalue weighted by atomic mass is 9.91. The molecule has 5 rings (SSSR count). The molecule has 0 aliphatic carbocycles. The molecule has 7 heteroatoms. The number of carbonyl (C=O) groups excluding carboxylic acids is 1. The molecule has 1 fully saturated rings. The standard InChI is InChI=1S/C27H30FN3O3/c1-27(2)22(16-24(34-27)25-21-15-20(28)7-8-23(21)30-26(25)32)19-5-3-18(4-6-19)17-29-9-10-31-11-13-33-14-12-31/h3-8,15-16,29H,9-14,17H2,1-2H3,(H,30,32)/b25-24+. The number of morpholine rings is 1. The molecule has 1 saturated heterocycles. The lowest BCUT2D eigenvalue weighted by molar-refractivity contribution is -0.111. The summed E-state index contributed by atoms with van der Waals surface area (Å²) in [7, 11) is 0. The van der Waals surface area contributed by atoms with Crippen molar-refractivity contribution in [2.45, 2.75) is 26.0 Å². The first kappa shape index (κ1) is 22.8. The normalized spacial score (nSPS) is 21.7. The predicted octanol–water partition coefficient (Wildman–Crippen LogP) is 3.80. The zero-order valence-electron chi connectivity index (χ0n) is 19.6. The van der Waals surface area contributed by atoms with E-state index in [1.54, 1.807) is 6.07 Å². The first-order valence-corrected chi connectivity index (χ1v) is 11.8. The Hall–Kier alpha value is -3.00. The number of benzene rings is 2. The molecule has 0 atom stereocenters. The maximum absolute atomic E-state index is 13.9. The van der Waals surface area contributed by atoms with E-state index in [4.69, 9.17) is 9.47 Å². The molecule has 0 unspecified atom stereocenters. The summed E-state index contributed by atoms with van der Waals surface area (Å²) in [5.41, 5.74) is 4.13. The molecule has 1 amide bonds. The van der Waals surface area contributed by atoms with Crippen LogP contribution in [-0.2, 0) is 20.8 Å². The summed E-state index contributed by atoms with van der Waals surface area (Å²) in [6, 6.07) is 12.7. The fraction of sp³-hybridized carbons (Fsp3) is 0.370. The molecule has 2 N–H and O–H groups in total. The monoisotopic (exact) mass is 463 g/mol. The van der Waals surface area contributed by atoms with Crippen LogP contribution in [0.25, 0.3) is 11.1 Å². The number of fused-ring (bicyclic) bond motifs is 1. The van der Waals surface area contributed by atoms with Gasteiger partial charge in [-0.25, -0.2) is 4.39 Å². The topological polar surface area (TPSA) is 62.8 Å². The van der Waals surface area contributed by atoms with E-state index in [1.165, 1.54) is 17.7 Å². The molecular weight excluding hydrogens is 433 g/mol. The summed E-state index contributed by atoms with van der Waals surface area (Å²) in [4.78, 5) is 15.1. The van der Waals surface area contributed by atoms with Crippen LogP contribution in [0.4, 0.5) is 10.1 Å². The van der Waals surface area contributed by atoms with E-state index in [9.17, 15) is 9.18 Å². The van der Waals surface area contributed by atoms with Gasteiger partial charge in [0, 0.05) is 49.5 Å². The highest BCUT2D eigenvalue weighted by Gasteiger charge is 2.38. The van der Waals surface area contributed by atoms with E-state index in [2.05, 4.69) is 39.8 Å². The average Bonchev–Trinajstić information content (AvgIpc) is 3.32.